The Morgan fingerprint density at radius 1 is 1.28 bits per heavy atom. The molecule has 1 aromatic heterocycles. The molecule has 1 rings (SSSR count). The van der Waals surface area contributed by atoms with Crippen molar-refractivity contribution in [2.24, 2.45) is 0 Å². The highest BCUT2D eigenvalue weighted by molar-refractivity contribution is 4.98. The van der Waals surface area contributed by atoms with Crippen LogP contribution in [0.2, 0.25) is 0 Å². The summed E-state index contributed by atoms with van der Waals surface area (Å²) in [6, 6.07) is 1.18. The summed E-state index contributed by atoms with van der Waals surface area (Å²) in [5, 5.41) is 3.35. The molecule has 0 aromatic carbocycles. The van der Waals surface area contributed by atoms with Gasteiger partial charge in [0.05, 0.1) is 12.0 Å². The van der Waals surface area contributed by atoms with Crippen molar-refractivity contribution < 1.29 is 0 Å². The summed E-state index contributed by atoms with van der Waals surface area (Å²) >= 11 is 0. The van der Waals surface area contributed by atoms with Crippen molar-refractivity contribution in [1.29, 1.82) is 0 Å². The van der Waals surface area contributed by atoms with Crippen LogP contribution in [0.5, 0.6) is 0 Å². The second-order valence-electron chi connectivity index (χ2n) is 5.28. The van der Waals surface area contributed by atoms with Gasteiger partial charge in [0.2, 0.25) is 0 Å². The monoisotopic (exact) mass is 252 g/mol. The van der Waals surface area contributed by atoms with Crippen LogP contribution in [0.15, 0.2) is 12.5 Å². The Labute approximate surface area is 111 Å². The third kappa shape index (κ3) is 4.42. The van der Waals surface area contributed by atoms with Gasteiger partial charge in [-0.2, -0.15) is 0 Å². The minimum atomic E-state index is 0.589. The SMILES string of the molecule is CCNCc1cncn1CCN(C(C)C)C(C)C. The van der Waals surface area contributed by atoms with E-state index in [0.29, 0.717) is 12.1 Å². The van der Waals surface area contributed by atoms with E-state index in [1.807, 2.05) is 12.5 Å². The zero-order valence-electron chi connectivity index (χ0n) is 12.5. The molecule has 0 spiro atoms. The number of rotatable bonds is 8. The lowest BCUT2D eigenvalue weighted by Crippen LogP contribution is -2.39. The molecule has 4 nitrogen and oxygen atoms in total. The molecule has 0 aliphatic rings. The van der Waals surface area contributed by atoms with Crippen LogP contribution in [0, 0.1) is 0 Å². The standard InChI is InChI=1S/C14H28N4/c1-6-15-9-14-10-16-11-17(14)7-8-18(12(2)3)13(4)5/h10-13,15H,6-9H2,1-5H3. The molecule has 1 N–H and O–H groups in total. The van der Waals surface area contributed by atoms with Crippen LogP contribution in [0.25, 0.3) is 0 Å². The van der Waals surface area contributed by atoms with Crippen molar-refractivity contribution in [2.75, 3.05) is 13.1 Å². The first kappa shape index (κ1) is 15.2. The summed E-state index contributed by atoms with van der Waals surface area (Å²) in [6.07, 6.45) is 3.89. The number of aromatic nitrogens is 2. The Morgan fingerprint density at radius 3 is 2.50 bits per heavy atom. The summed E-state index contributed by atoms with van der Waals surface area (Å²) < 4.78 is 2.25. The Kier molecular flexibility index (Phi) is 6.36. The molecule has 0 aliphatic heterocycles. The van der Waals surface area contributed by atoms with Crippen LogP contribution in [-0.4, -0.2) is 39.6 Å². The Bertz CT molecular complexity index is 322. The quantitative estimate of drug-likeness (QED) is 0.769. The molecule has 4 heteroatoms. The topological polar surface area (TPSA) is 33.1 Å². The van der Waals surface area contributed by atoms with Gasteiger partial charge in [-0.25, -0.2) is 4.98 Å². The molecule has 0 saturated heterocycles. The summed E-state index contributed by atoms with van der Waals surface area (Å²) in [5.74, 6) is 0. The molecule has 1 aromatic rings. The smallest absolute Gasteiger partial charge is 0.0949 e. The number of nitrogens with zero attached hydrogens (tertiary/aromatic N) is 3. The maximum absolute atomic E-state index is 4.25. The van der Waals surface area contributed by atoms with Crippen molar-refractivity contribution in [2.45, 2.75) is 59.8 Å². The van der Waals surface area contributed by atoms with Crippen molar-refractivity contribution in [1.82, 2.24) is 19.8 Å². The zero-order valence-corrected chi connectivity index (χ0v) is 12.5. The zero-order chi connectivity index (χ0) is 13.5. The minimum Gasteiger partial charge on any atom is -0.332 e. The van der Waals surface area contributed by atoms with E-state index in [9.17, 15) is 0 Å². The fourth-order valence-corrected chi connectivity index (χ4v) is 2.29. The van der Waals surface area contributed by atoms with Gasteiger partial charge in [-0.3, -0.25) is 4.90 Å². The van der Waals surface area contributed by atoms with E-state index in [0.717, 1.165) is 26.2 Å². The van der Waals surface area contributed by atoms with E-state index in [4.69, 9.17) is 0 Å². The van der Waals surface area contributed by atoms with Crippen LogP contribution in [0.1, 0.15) is 40.3 Å². The number of hydrogen-bond acceptors (Lipinski definition) is 3. The van der Waals surface area contributed by atoms with Gasteiger partial charge in [0, 0.05) is 37.9 Å². The molecule has 104 valence electrons. The molecule has 0 aliphatic carbocycles. The van der Waals surface area contributed by atoms with E-state index >= 15 is 0 Å². The van der Waals surface area contributed by atoms with E-state index in [-0.39, 0.29) is 0 Å². The Morgan fingerprint density at radius 2 is 1.94 bits per heavy atom. The van der Waals surface area contributed by atoms with Gasteiger partial charge in [0.1, 0.15) is 0 Å². The van der Waals surface area contributed by atoms with Gasteiger partial charge in [-0.05, 0) is 34.2 Å². The van der Waals surface area contributed by atoms with Gasteiger partial charge >= 0.3 is 0 Å². The first-order chi connectivity index (χ1) is 8.56. The summed E-state index contributed by atoms with van der Waals surface area (Å²) in [7, 11) is 0. The van der Waals surface area contributed by atoms with Gasteiger partial charge in [-0.1, -0.05) is 6.92 Å². The van der Waals surface area contributed by atoms with Gasteiger partial charge in [0.25, 0.3) is 0 Å². The molecular formula is C14H28N4. The van der Waals surface area contributed by atoms with E-state index < -0.39 is 0 Å². The third-order valence-corrected chi connectivity index (χ3v) is 3.28. The molecule has 0 saturated carbocycles. The predicted molar refractivity (Wildman–Crippen MR) is 76.6 cm³/mol. The third-order valence-electron chi connectivity index (χ3n) is 3.28. The molecule has 0 atom stereocenters. The number of nitrogens with one attached hydrogen (secondary N) is 1. The van der Waals surface area contributed by atoms with Crippen LogP contribution in [-0.2, 0) is 13.1 Å². The largest absolute Gasteiger partial charge is 0.332 e. The highest BCUT2D eigenvalue weighted by atomic mass is 15.2. The lowest BCUT2D eigenvalue weighted by Gasteiger charge is -2.30. The molecule has 18 heavy (non-hydrogen) atoms. The van der Waals surface area contributed by atoms with Crippen molar-refractivity contribution in [3.63, 3.8) is 0 Å². The maximum Gasteiger partial charge on any atom is 0.0949 e. The lowest BCUT2D eigenvalue weighted by atomic mass is 10.2. The van der Waals surface area contributed by atoms with Crippen molar-refractivity contribution in [3.8, 4) is 0 Å². The van der Waals surface area contributed by atoms with Gasteiger partial charge in [-0.15, -0.1) is 0 Å². The average molecular weight is 252 g/mol. The lowest BCUT2D eigenvalue weighted by molar-refractivity contribution is 0.167. The Balaban J connectivity index is 2.54. The van der Waals surface area contributed by atoms with Crippen molar-refractivity contribution >= 4 is 0 Å². The first-order valence-corrected chi connectivity index (χ1v) is 7.01. The molecular weight excluding hydrogens is 224 g/mol. The second kappa shape index (κ2) is 7.54. The van der Waals surface area contributed by atoms with E-state index in [2.05, 4.69) is 54.4 Å². The highest BCUT2D eigenvalue weighted by Gasteiger charge is 2.13. The number of imidazole rings is 1. The summed E-state index contributed by atoms with van der Waals surface area (Å²) in [5.41, 5.74) is 1.27. The molecule has 0 radical (unpaired) electrons. The average Bonchev–Trinajstić information content (AvgIpc) is 2.73. The van der Waals surface area contributed by atoms with Gasteiger partial charge < -0.3 is 9.88 Å². The molecule has 0 bridgehead atoms. The van der Waals surface area contributed by atoms with Crippen LogP contribution in [0.3, 0.4) is 0 Å². The number of hydrogen-bond donors (Lipinski definition) is 1. The van der Waals surface area contributed by atoms with Gasteiger partial charge in [0.15, 0.2) is 0 Å². The van der Waals surface area contributed by atoms with Crippen LogP contribution >= 0.6 is 0 Å². The summed E-state index contributed by atoms with van der Waals surface area (Å²) in [6.45, 7) is 15.1. The minimum absolute atomic E-state index is 0.589. The highest BCUT2D eigenvalue weighted by Crippen LogP contribution is 2.06. The van der Waals surface area contributed by atoms with E-state index in [1.165, 1.54) is 5.69 Å². The van der Waals surface area contributed by atoms with Crippen LogP contribution in [0.4, 0.5) is 0 Å². The maximum atomic E-state index is 4.25. The van der Waals surface area contributed by atoms with Crippen molar-refractivity contribution in [3.05, 3.63) is 18.2 Å². The fourth-order valence-electron chi connectivity index (χ4n) is 2.29. The first-order valence-electron chi connectivity index (χ1n) is 7.01. The predicted octanol–water partition coefficient (Wildman–Crippen LogP) is 2.11. The molecule has 0 unspecified atom stereocenters. The van der Waals surface area contributed by atoms with Crippen LogP contribution < -0.4 is 5.32 Å². The van der Waals surface area contributed by atoms with E-state index in [1.54, 1.807) is 0 Å². The summed E-state index contributed by atoms with van der Waals surface area (Å²) in [4.78, 5) is 6.76. The fraction of sp³-hybridized carbons (Fsp3) is 0.786. The molecule has 0 amide bonds. The normalized spacial score (nSPS) is 12.0. The molecule has 0 fully saturated rings. The second-order valence-corrected chi connectivity index (χ2v) is 5.28. The molecule has 1 heterocycles. The Hall–Kier alpha value is -0.870.